The van der Waals surface area contributed by atoms with Crippen molar-refractivity contribution in [3.05, 3.63) is 24.3 Å². The minimum atomic E-state index is 0.529. The summed E-state index contributed by atoms with van der Waals surface area (Å²) in [7, 11) is 1.78. The molecule has 0 fully saturated rings. The van der Waals surface area contributed by atoms with Crippen LogP contribution in [0.5, 0.6) is 0 Å². The van der Waals surface area contributed by atoms with Crippen LogP contribution in [0.15, 0.2) is 29.3 Å². The van der Waals surface area contributed by atoms with Crippen molar-refractivity contribution in [2.75, 3.05) is 7.05 Å². The molecule has 0 radical (unpaired) electrons. The van der Waals surface area contributed by atoms with Gasteiger partial charge in [-0.15, -0.1) is 0 Å². The van der Waals surface area contributed by atoms with Crippen molar-refractivity contribution in [3.63, 3.8) is 0 Å². The van der Waals surface area contributed by atoms with Crippen LogP contribution in [0.2, 0.25) is 0 Å². The third kappa shape index (κ3) is 3.23. The molecule has 56 valence electrons. The van der Waals surface area contributed by atoms with E-state index in [0.717, 1.165) is 0 Å². The predicted octanol–water partition coefficient (Wildman–Crippen LogP) is 2.46. The van der Waals surface area contributed by atoms with Gasteiger partial charge < -0.3 is 0 Å². The highest BCUT2D eigenvalue weighted by molar-refractivity contribution is 5.79. The summed E-state index contributed by atoms with van der Waals surface area (Å²) in [6.45, 7) is 7.90. The van der Waals surface area contributed by atoms with E-state index in [4.69, 9.17) is 0 Å². The van der Waals surface area contributed by atoms with E-state index >= 15 is 0 Å². The smallest absolute Gasteiger partial charge is 0.0277 e. The molecule has 0 saturated heterocycles. The number of nitrogens with zero attached hydrogens (tertiary/aromatic N) is 1. The SMILES string of the molecule is C=C/C=C(\C=NC)C(C)C. The topological polar surface area (TPSA) is 12.4 Å². The van der Waals surface area contributed by atoms with Crippen molar-refractivity contribution in [1.29, 1.82) is 0 Å². The Morgan fingerprint density at radius 2 is 2.10 bits per heavy atom. The van der Waals surface area contributed by atoms with Crippen molar-refractivity contribution in [1.82, 2.24) is 0 Å². The van der Waals surface area contributed by atoms with Gasteiger partial charge in [-0.05, 0) is 11.5 Å². The molecule has 0 N–H and O–H groups in total. The van der Waals surface area contributed by atoms with Crippen LogP contribution in [-0.4, -0.2) is 13.3 Å². The number of aliphatic imine (C=N–C) groups is 1. The quantitative estimate of drug-likeness (QED) is 0.418. The Balaban J connectivity index is 4.25. The summed E-state index contributed by atoms with van der Waals surface area (Å²) in [6.07, 6.45) is 5.64. The molecule has 0 aromatic carbocycles. The van der Waals surface area contributed by atoms with Gasteiger partial charge in [0.05, 0.1) is 0 Å². The summed E-state index contributed by atoms with van der Waals surface area (Å²) in [4.78, 5) is 3.93. The fraction of sp³-hybridized carbons (Fsp3) is 0.444. The second-order valence-corrected chi connectivity index (χ2v) is 2.44. The van der Waals surface area contributed by atoms with E-state index in [1.807, 2.05) is 12.3 Å². The molecule has 0 aliphatic heterocycles. The van der Waals surface area contributed by atoms with Crippen LogP contribution in [0.25, 0.3) is 0 Å². The van der Waals surface area contributed by atoms with Crippen LogP contribution in [0.1, 0.15) is 13.8 Å². The van der Waals surface area contributed by atoms with Gasteiger partial charge in [0, 0.05) is 13.3 Å². The highest BCUT2D eigenvalue weighted by Gasteiger charge is 1.96. The Bertz CT molecular complexity index is 152. The Morgan fingerprint density at radius 1 is 1.50 bits per heavy atom. The zero-order chi connectivity index (χ0) is 7.98. The predicted molar refractivity (Wildman–Crippen MR) is 47.5 cm³/mol. The van der Waals surface area contributed by atoms with E-state index < -0.39 is 0 Å². The van der Waals surface area contributed by atoms with Gasteiger partial charge >= 0.3 is 0 Å². The summed E-state index contributed by atoms with van der Waals surface area (Å²) in [5, 5.41) is 0. The maximum absolute atomic E-state index is 3.93. The van der Waals surface area contributed by atoms with Crippen LogP contribution in [-0.2, 0) is 0 Å². The van der Waals surface area contributed by atoms with Gasteiger partial charge in [0.15, 0.2) is 0 Å². The summed E-state index contributed by atoms with van der Waals surface area (Å²) in [5.41, 5.74) is 1.22. The molecular formula is C9H15N. The molecule has 1 heteroatoms. The molecule has 0 amide bonds. The number of rotatable bonds is 3. The highest BCUT2D eigenvalue weighted by atomic mass is 14.6. The number of hydrogen-bond acceptors (Lipinski definition) is 1. The Kier molecular flexibility index (Phi) is 4.55. The highest BCUT2D eigenvalue weighted by Crippen LogP contribution is 2.05. The molecule has 0 aromatic rings. The Labute approximate surface area is 63.2 Å². The Hall–Kier alpha value is -0.850. The van der Waals surface area contributed by atoms with Gasteiger partial charge in [0.1, 0.15) is 0 Å². The van der Waals surface area contributed by atoms with E-state index in [-0.39, 0.29) is 0 Å². The summed E-state index contributed by atoms with van der Waals surface area (Å²) in [5.74, 6) is 0.529. The molecule has 0 atom stereocenters. The van der Waals surface area contributed by atoms with Gasteiger partial charge in [-0.25, -0.2) is 0 Å². The van der Waals surface area contributed by atoms with Crippen molar-refractivity contribution in [3.8, 4) is 0 Å². The average Bonchev–Trinajstić information content (AvgIpc) is 1.87. The van der Waals surface area contributed by atoms with Gasteiger partial charge in [-0.2, -0.15) is 0 Å². The standard InChI is InChI=1S/C9H15N/c1-5-6-9(7-10-4)8(2)3/h5-8H,1H2,2-4H3/b9-6+,10-7?. The second kappa shape index (κ2) is 4.98. The average molecular weight is 137 g/mol. The fourth-order valence-electron chi connectivity index (χ4n) is 0.670. The van der Waals surface area contributed by atoms with E-state index in [1.54, 1.807) is 13.1 Å². The normalized spacial score (nSPS) is 13.0. The largest absolute Gasteiger partial charge is 0.296 e. The van der Waals surface area contributed by atoms with Crippen LogP contribution >= 0.6 is 0 Å². The minimum absolute atomic E-state index is 0.529. The maximum Gasteiger partial charge on any atom is 0.0277 e. The molecule has 0 spiro atoms. The van der Waals surface area contributed by atoms with Gasteiger partial charge in [0.2, 0.25) is 0 Å². The molecule has 1 nitrogen and oxygen atoms in total. The molecule has 0 aliphatic carbocycles. The molecule has 0 aliphatic rings. The van der Waals surface area contributed by atoms with Crippen LogP contribution in [0.3, 0.4) is 0 Å². The first-order valence-electron chi connectivity index (χ1n) is 3.47. The third-order valence-electron chi connectivity index (χ3n) is 1.26. The van der Waals surface area contributed by atoms with Crippen molar-refractivity contribution in [2.24, 2.45) is 10.9 Å². The third-order valence-corrected chi connectivity index (χ3v) is 1.26. The second-order valence-electron chi connectivity index (χ2n) is 2.44. The Morgan fingerprint density at radius 3 is 2.40 bits per heavy atom. The van der Waals surface area contributed by atoms with Crippen LogP contribution in [0, 0.1) is 5.92 Å². The van der Waals surface area contributed by atoms with E-state index in [2.05, 4.69) is 25.4 Å². The van der Waals surface area contributed by atoms with E-state index in [0.29, 0.717) is 5.92 Å². The molecule has 0 saturated carbocycles. The summed E-state index contributed by atoms with van der Waals surface area (Å²) < 4.78 is 0. The minimum Gasteiger partial charge on any atom is -0.296 e. The first-order valence-corrected chi connectivity index (χ1v) is 3.47. The summed E-state index contributed by atoms with van der Waals surface area (Å²) >= 11 is 0. The van der Waals surface area contributed by atoms with Gasteiger partial charge in [-0.1, -0.05) is 32.6 Å². The fourth-order valence-corrected chi connectivity index (χ4v) is 0.670. The molecule has 10 heavy (non-hydrogen) atoms. The lowest BCUT2D eigenvalue weighted by Gasteiger charge is -2.02. The number of hydrogen-bond donors (Lipinski definition) is 0. The van der Waals surface area contributed by atoms with Gasteiger partial charge in [0.25, 0.3) is 0 Å². The van der Waals surface area contributed by atoms with Crippen LogP contribution < -0.4 is 0 Å². The first-order chi connectivity index (χ1) is 4.72. The maximum atomic E-state index is 3.93. The van der Waals surface area contributed by atoms with E-state index in [1.165, 1.54) is 5.57 Å². The first kappa shape index (κ1) is 9.15. The lowest BCUT2D eigenvalue weighted by atomic mass is 10.0. The zero-order valence-electron chi connectivity index (χ0n) is 6.96. The molecule has 0 bridgehead atoms. The van der Waals surface area contributed by atoms with Crippen molar-refractivity contribution < 1.29 is 0 Å². The zero-order valence-corrected chi connectivity index (χ0v) is 6.96. The van der Waals surface area contributed by atoms with Crippen LogP contribution in [0.4, 0.5) is 0 Å². The monoisotopic (exact) mass is 137 g/mol. The number of allylic oxidation sites excluding steroid dienone is 3. The molecule has 0 heterocycles. The van der Waals surface area contributed by atoms with Crippen molar-refractivity contribution >= 4 is 6.21 Å². The molecule has 0 aromatic heterocycles. The van der Waals surface area contributed by atoms with Crippen molar-refractivity contribution in [2.45, 2.75) is 13.8 Å². The lowest BCUT2D eigenvalue weighted by Crippen LogP contribution is -1.94. The molecular weight excluding hydrogens is 122 g/mol. The molecule has 0 unspecified atom stereocenters. The molecule has 0 rings (SSSR count). The van der Waals surface area contributed by atoms with E-state index in [9.17, 15) is 0 Å². The summed E-state index contributed by atoms with van der Waals surface area (Å²) in [6, 6.07) is 0. The van der Waals surface area contributed by atoms with Gasteiger partial charge in [-0.3, -0.25) is 4.99 Å². The lowest BCUT2D eigenvalue weighted by molar-refractivity contribution is 0.806.